The van der Waals surface area contributed by atoms with E-state index in [1.165, 1.54) is 18.3 Å². The van der Waals surface area contributed by atoms with Crippen LogP contribution in [-0.4, -0.2) is 31.1 Å². The molecule has 0 atom stereocenters. The molecule has 0 saturated carbocycles. The molecule has 2 rings (SSSR count). The molecule has 0 aliphatic carbocycles. The van der Waals surface area contributed by atoms with Gasteiger partial charge in [0.1, 0.15) is 5.56 Å². The minimum Gasteiger partial charge on any atom is -0.378 e. The first-order valence-electron chi connectivity index (χ1n) is 7.24. The van der Waals surface area contributed by atoms with Crippen molar-refractivity contribution >= 4 is 23.5 Å². The lowest BCUT2D eigenvalue weighted by Crippen LogP contribution is -2.19. The lowest BCUT2D eigenvalue weighted by Gasteiger charge is -2.11. The highest BCUT2D eigenvalue weighted by Gasteiger charge is 2.19. The van der Waals surface area contributed by atoms with Gasteiger partial charge in [-0.2, -0.15) is 5.10 Å². The average Bonchev–Trinajstić information content (AvgIpc) is 2.54. The first kappa shape index (κ1) is 17.1. The quantitative estimate of drug-likeness (QED) is 0.520. The first-order valence-corrected chi connectivity index (χ1v) is 7.24. The average molecular weight is 326 g/mol. The van der Waals surface area contributed by atoms with Crippen molar-refractivity contribution in [2.45, 2.75) is 6.92 Å². The minimum atomic E-state index is -0.619. The molecule has 0 fully saturated rings. The molecule has 0 aliphatic heterocycles. The smallest absolute Gasteiger partial charge is 0.282 e. The predicted octanol–water partition coefficient (Wildman–Crippen LogP) is 2.73. The Morgan fingerprint density at radius 3 is 2.46 bits per heavy atom. The fourth-order valence-electron chi connectivity index (χ4n) is 2.08. The number of benzene rings is 2. The number of nitro benzene ring substituents is 1. The highest BCUT2D eigenvalue weighted by Crippen LogP contribution is 2.19. The van der Waals surface area contributed by atoms with Gasteiger partial charge in [0.05, 0.1) is 11.1 Å². The first-order chi connectivity index (χ1) is 11.4. The third-order valence-electron chi connectivity index (χ3n) is 3.38. The van der Waals surface area contributed by atoms with Crippen molar-refractivity contribution in [2.75, 3.05) is 19.0 Å². The zero-order valence-electron chi connectivity index (χ0n) is 13.7. The Kier molecular flexibility index (Phi) is 5.26. The van der Waals surface area contributed by atoms with Gasteiger partial charge < -0.3 is 4.90 Å². The summed E-state index contributed by atoms with van der Waals surface area (Å²) in [5.74, 6) is -0.619. The number of hydrazone groups is 1. The number of nitro groups is 1. The van der Waals surface area contributed by atoms with Crippen LogP contribution in [-0.2, 0) is 0 Å². The molecule has 2 aromatic carbocycles. The van der Waals surface area contributed by atoms with Gasteiger partial charge in [-0.05, 0) is 36.2 Å². The lowest BCUT2D eigenvalue weighted by molar-refractivity contribution is -0.385. The van der Waals surface area contributed by atoms with Crippen molar-refractivity contribution in [1.29, 1.82) is 0 Å². The van der Waals surface area contributed by atoms with Gasteiger partial charge in [0.15, 0.2) is 0 Å². The molecule has 1 N–H and O–H groups in total. The Labute approximate surface area is 139 Å². The number of amides is 1. The van der Waals surface area contributed by atoms with Crippen LogP contribution in [0, 0.1) is 17.0 Å². The molecule has 0 aromatic heterocycles. The number of carbonyl (C=O) groups excluding carboxylic acids is 1. The van der Waals surface area contributed by atoms with Crippen molar-refractivity contribution in [1.82, 2.24) is 5.43 Å². The molecular formula is C17H18N4O3. The molecule has 7 heteroatoms. The van der Waals surface area contributed by atoms with Crippen LogP contribution in [0.3, 0.4) is 0 Å². The molecule has 124 valence electrons. The molecule has 0 heterocycles. The summed E-state index contributed by atoms with van der Waals surface area (Å²) in [6, 6.07) is 11.9. The van der Waals surface area contributed by atoms with E-state index in [-0.39, 0.29) is 11.3 Å². The second-order valence-electron chi connectivity index (χ2n) is 5.46. The summed E-state index contributed by atoms with van der Waals surface area (Å²) in [7, 11) is 3.89. The third-order valence-corrected chi connectivity index (χ3v) is 3.38. The summed E-state index contributed by atoms with van der Waals surface area (Å²) in [5.41, 5.74) is 4.67. The molecule has 1 amide bonds. The van der Waals surface area contributed by atoms with E-state index in [0.717, 1.165) is 16.8 Å². The van der Waals surface area contributed by atoms with E-state index in [4.69, 9.17) is 0 Å². The number of aryl methyl sites for hydroxylation is 1. The van der Waals surface area contributed by atoms with Gasteiger partial charge in [0, 0.05) is 25.8 Å². The summed E-state index contributed by atoms with van der Waals surface area (Å²) in [5, 5.41) is 14.9. The van der Waals surface area contributed by atoms with Gasteiger partial charge in [-0.15, -0.1) is 0 Å². The number of nitrogens with zero attached hydrogens (tertiary/aromatic N) is 3. The van der Waals surface area contributed by atoms with Crippen LogP contribution in [0.4, 0.5) is 11.4 Å². The monoisotopic (exact) mass is 326 g/mol. The van der Waals surface area contributed by atoms with E-state index in [1.807, 2.05) is 43.3 Å². The molecule has 0 spiro atoms. The Bertz CT molecular complexity index is 783. The molecule has 0 bridgehead atoms. The molecule has 0 unspecified atom stereocenters. The van der Waals surface area contributed by atoms with E-state index in [9.17, 15) is 14.9 Å². The van der Waals surface area contributed by atoms with Crippen LogP contribution < -0.4 is 10.3 Å². The normalized spacial score (nSPS) is 10.6. The van der Waals surface area contributed by atoms with Gasteiger partial charge in [-0.3, -0.25) is 14.9 Å². The van der Waals surface area contributed by atoms with E-state index in [2.05, 4.69) is 10.5 Å². The van der Waals surface area contributed by atoms with Crippen LogP contribution in [0.1, 0.15) is 21.5 Å². The van der Waals surface area contributed by atoms with Gasteiger partial charge >= 0.3 is 0 Å². The van der Waals surface area contributed by atoms with Crippen molar-refractivity contribution in [2.24, 2.45) is 5.10 Å². The topological polar surface area (TPSA) is 87.8 Å². The standard InChI is InChI=1S/C17H18N4O3/c1-12-4-9-16(21(23)24)15(10-12)17(22)19-18-11-13-5-7-14(8-6-13)20(2)3/h4-11H,1-3H3,(H,19,22). The minimum absolute atomic E-state index is 0.0138. The zero-order chi connectivity index (χ0) is 17.7. The van der Waals surface area contributed by atoms with Gasteiger partial charge in [-0.1, -0.05) is 18.2 Å². The highest BCUT2D eigenvalue weighted by molar-refractivity contribution is 5.98. The summed E-state index contributed by atoms with van der Waals surface area (Å²) in [6.45, 7) is 1.76. The molecule has 0 radical (unpaired) electrons. The van der Waals surface area contributed by atoms with E-state index in [1.54, 1.807) is 13.0 Å². The summed E-state index contributed by atoms with van der Waals surface area (Å²) in [6.07, 6.45) is 1.49. The maximum Gasteiger partial charge on any atom is 0.282 e. The Morgan fingerprint density at radius 2 is 1.88 bits per heavy atom. The second-order valence-corrected chi connectivity index (χ2v) is 5.46. The van der Waals surface area contributed by atoms with Crippen LogP contribution in [0.5, 0.6) is 0 Å². The molecule has 24 heavy (non-hydrogen) atoms. The van der Waals surface area contributed by atoms with Gasteiger partial charge in [0.2, 0.25) is 0 Å². The lowest BCUT2D eigenvalue weighted by atomic mass is 10.1. The number of anilines is 1. The number of hydrogen-bond acceptors (Lipinski definition) is 5. The summed E-state index contributed by atoms with van der Waals surface area (Å²) >= 11 is 0. The van der Waals surface area contributed by atoms with Crippen molar-refractivity contribution in [3.63, 3.8) is 0 Å². The number of rotatable bonds is 5. The number of hydrogen-bond donors (Lipinski definition) is 1. The maximum absolute atomic E-state index is 12.1. The van der Waals surface area contributed by atoms with Crippen molar-refractivity contribution in [3.8, 4) is 0 Å². The fraction of sp³-hybridized carbons (Fsp3) is 0.176. The fourth-order valence-corrected chi connectivity index (χ4v) is 2.08. The predicted molar refractivity (Wildman–Crippen MR) is 93.7 cm³/mol. The highest BCUT2D eigenvalue weighted by atomic mass is 16.6. The summed E-state index contributed by atoms with van der Waals surface area (Å²) in [4.78, 5) is 24.5. The number of carbonyl (C=O) groups is 1. The van der Waals surface area contributed by atoms with Gasteiger partial charge in [0.25, 0.3) is 11.6 Å². The Hall–Kier alpha value is -3.22. The van der Waals surface area contributed by atoms with Crippen LogP contribution >= 0.6 is 0 Å². The molecule has 2 aromatic rings. The molecule has 0 saturated heterocycles. The van der Waals surface area contributed by atoms with Crippen molar-refractivity contribution < 1.29 is 9.72 Å². The third kappa shape index (κ3) is 4.16. The summed E-state index contributed by atoms with van der Waals surface area (Å²) < 4.78 is 0. The maximum atomic E-state index is 12.1. The second kappa shape index (κ2) is 7.36. The van der Waals surface area contributed by atoms with E-state index < -0.39 is 10.8 Å². The molecular weight excluding hydrogens is 308 g/mol. The van der Waals surface area contributed by atoms with Crippen molar-refractivity contribution in [3.05, 3.63) is 69.3 Å². The molecule has 0 aliphatic rings. The zero-order valence-corrected chi connectivity index (χ0v) is 13.7. The van der Waals surface area contributed by atoms with E-state index >= 15 is 0 Å². The van der Waals surface area contributed by atoms with E-state index in [0.29, 0.717) is 0 Å². The number of nitrogens with one attached hydrogen (secondary N) is 1. The van der Waals surface area contributed by atoms with Gasteiger partial charge in [-0.25, -0.2) is 5.43 Å². The SMILES string of the molecule is Cc1ccc([N+](=O)[O-])c(C(=O)NN=Cc2ccc(N(C)C)cc2)c1. The van der Waals surface area contributed by atoms with Crippen LogP contribution in [0.25, 0.3) is 0 Å². The van der Waals surface area contributed by atoms with Crippen LogP contribution in [0.15, 0.2) is 47.6 Å². The largest absolute Gasteiger partial charge is 0.378 e. The Morgan fingerprint density at radius 1 is 1.21 bits per heavy atom. The Balaban J connectivity index is 2.10. The van der Waals surface area contributed by atoms with Crippen LogP contribution in [0.2, 0.25) is 0 Å². The molecule has 7 nitrogen and oxygen atoms in total.